The Balaban J connectivity index is 1.82. The molecule has 0 aliphatic carbocycles. The Morgan fingerprint density at radius 3 is 2.71 bits per heavy atom. The van der Waals surface area contributed by atoms with Gasteiger partial charge in [0.1, 0.15) is 5.75 Å². The average Bonchev–Trinajstić information content (AvgIpc) is 3.06. The number of aliphatic imine (C=N–C) groups is 1. The number of methoxy groups -OCH3 is 1. The van der Waals surface area contributed by atoms with Gasteiger partial charge in [-0.25, -0.2) is 4.99 Å². The first-order chi connectivity index (χ1) is 11.7. The molecular formula is C19H32N4O. The maximum absolute atomic E-state index is 5.19. The molecule has 0 aromatic heterocycles. The molecule has 1 unspecified atom stereocenters. The number of likely N-dealkylation sites (tertiary alicyclic amines) is 1. The minimum Gasteiger partial charge on any atom is -0.497 e. The van der Waals surface area contributed by atoms with Crippen molar-refractivity contribution in [2.24, 2.45) is 10.9 Å². The summed E-state index contributed by atoms with van der Waals surface area (Å²) in [7, 11) is 1.69. The fraction of sp³-hybridized carbons (Fsp3) is 0.632. The zero-order valence-corrected chi connectivity index (χ0v) is 15.3. The molecule has 1 atom stereocenters. The molecule has 5 nitrogen and oxygen atoms in total. The van der Waals surface area contributed by atoms with Crippen LogP contribution in [0.1, 0.15) is 32.3 Å². The lowest BCUT2D eigenvalue weighted by Crippen LogP contribution is -2.40. The SMILES string of the molecule is CCCN1CCC(CNC(=NCc2ccc(OC)cc2)NCC)C1. The van der Waals surface area contributed by atoms with Gasteiger partial charge < -0.3 is 20.3 Å². The summed E-state index contributed by atoms with van der Waals surface area (Å²) in [6.07, 6.45) is 2.52. The third-order valence-electron chi connectivity index (χ3n) is 4.39. The van der Waals surface area contributed by atoms with Gasteiger partial charge in [0.05, 0.1) is 13.7 Å². The van der Waals surface area contributed by atoms with Gasteiger partial charge in [-0.05, 0) is 56.5 Å². The molecule has 1 aromatic carbocycles. The maximum atomic E-state index is 5.19. The summed E-state index contributed by atoms with van der Waals surface area (Å²) in [5.41, 5.74) is 1.18. The molecule has 134 valence electrons. The predicted molar refractivity (Wildman–Crippen MR) is 101 cm³/mol. The Bertz CT molecular complexity index is 501. The van der Waals surface area contributed by atoms with Gasteiger partial charge >= 0.3 is 0 Å². The van der Waals surface area contributed by atoms with Gasteiger partial charge in [-0.1, -0.05) is 19.1 Å². The van der Waals surface area contributed by atoms with Gasteiger partial charge in [0, 0.05) is 19.6 Å². The van der Waals surface area contributed by atoms with Gasteiger partial charge in [-0.2, -0.15) is 0 Å². The molecular weight excluding hydrogens is 300 g/mol. The van der Waals surface area contributed by atoms with Gasteiger partial charge in [0.2, 0.25) is 0 Å². The fourth-order valence-corrected chi connectivity index (χ4v) is 3.08. The van der Waals surface area contributed by atoms with Crippen LogP contribution < -0.4 is 15.4 Å². The summed E-state index contributed by atoms with van der Waals surface area (Å²) in [6.45, 7) is 10.6. The summed E-state index contributed by atoms with van der Waals surface area (Å²) in [5.74, 6) is 2.51. The van der Waals surface area contributed by atoms with Crippen molar-refractivity contribution in [3.63, 3.8) is 0 Å². The molecule has 0 saturated carbocycles. The number of nitrogens with one attached hydrogen (secondary N) is 2. The molecule has 1 heterocycles. The number of guanidine groups is 1. The van der Waals surface area contributed by atoms with Crippen molar-refractivity contribution in [3.05, 3.63) is 29.8 Å². The van der Waals surface area contributed by atoms with Crippen LogP contribution in [0.15, 0.2) is 29.3 Å². The molecule has 0 amide bonds. The van der Waals surface area contributed by atoms with Gasteiger partial charge in [0.15, 0.2) is 5.96 Å². The van der Waals surface area contributed by atoms with E-state index in [9.17, 15) is 0 Å². The quantitative estimate of drug-likeness (QED) is 0.567. The topological polar surface area (TPSA) is 48.9 Å². The van der Waals surface area contributed by atoms with E-state index < -0.39 is 0 Å². The molecule has 24 heavy (non-hydrogen) atoms. The van der Waals surface area contributed by atoms with E-state index >= 15 is 0 Å². The molecule has 5 heteroatoms. The zero-order chi connectivity index (χ0) is 17.2. The molecule has 1 aliphatic rings. The molecule has 2 N–H and O–H groups in total. The van der Waals surface area contributed by atoms with E-state index in [-0.39, 0.29) is 0 Å². The molecule has 0 spiro atoms. The van der Waals surface area contributed by atoms with Crippen LogP contribution in [-0.4, -0.2) is 50.7 Å². The Morgan fingerprint density at radius 1 is 1.25 bits per heavy atom. The van der Waals surface area contributed by atoms with Crippen LogP contribution in [0, 0.1) is 5.92 Å². The van der Waals surface area contributed by atoms with E-state index in [4.69, 9.17) is 9.73 Å². The predicted octanol–water partition coefficient (Wildman–Crippen LogP) is 2.48. The first kappa shape index (κ1) is 18.6. The fourth-order valence-electron chi connectivity index (χ4n) is 3.08. The largest absolute Gasteiger partial charge is 0.497 e. The van der Waals surface area contributed by atoms with E-state index in [0.29, 0.717) is 6.54 Å². The first-order valence-electron chi connectivity index (χ1n) is 9.12. The number of rotatable bonds is 8. The number of hydrogen-bond donors (Lipinski definition) is 2. The van der Waals surface area contributed by atoms with Crippen molar-refractivity contribution in [3.8, 4) is 5.75 Å². The van der Waals surface area contributed by atoms with Crippen molar-refractivity contribution in [2.45, 2.75) is 33.2 Å². The second-order valence-corrected chi connectivity index (χ2v) is 6.38. The van der Waals surface area contributed by atoms with E-state index in [0.717, 1.165) is 30.7 Å². The highest BCUT2D eigenvalue weighted by Crippen LogP contribution is 2.15. The molecule has 1 saturated heterocycles. The Kier molecular flexibility index (Phi) is 7.89. The molecule has 1 fully saturated rings. The van der Waals surface area contributed by atoms with E-state index in [1.54, 1.807) is 7.11 Å². The highest BCUT2D eigenvalue weighted by atomic mass is 16.5. The second-order valence-electron chi connectivity index (χ2n) is 6.38. The molecule has 1 aromatic rings. The molecule has 0 radical (unpaired) electrons. The minimum atomic E-state index is 0.673. The number of ether oxygens (including phenoxy) is 1. The highest BCUT2D eigenvalue weighted by Gasteiger charge is 2.21. The average molecular weight is 332 g/mol. The highest BCUT2D eigenvalue weighted by molar-refractivity contribution is 5.79. The van der Waals surface area contributed by atoms with Gasteiger partial charge in [-0.3, -0.25) is 0 Å². The zero-order valence-electron chi connectivity index (χ0n) is 15.3. The van der Waals surface area contributed by atoms with Crippen molar-refractivity contribution < 1.29 is 4.74 Å². The number of benzene rings is 1. The van der Waals surface area contributed by atoms with Crippen molar-refractivity contribution in [2.75, 3.05) is 39.8 Å². The van der Waals surface area contributed by atoms with Crippen LogP contribution >= 0.6 is 0 Å². The van der Waals surface area contributed by atoms with Crippen LogP contribution in [0.5, 0.6) is 5.75 Å². The van der Waals surface area contributed by atoms with Crippen molar-refractivity contribution in [1.82, 2.24) is 15.5 Å². The standard InChI is InChI=1S/C19H32N4O/c1-4-11-23-12-10-17(15-23)14-22-19(20-5-2)21-13-16-6-8-18(24-3)9-7-16/h6-9,17H,4-5,10-15H2,1-3H3,(H2,20,21,22). The lowest BCUT2D eigenvalue weighted by molar-refractivity contribution is 0.324. The third-order valence-corrected chi connectivity index (χ3v) is 4.39. The Labute approximate surface area is 146 Å². The number of hydrogen-bond acceptors (Lipinski definition) is 3. The molecule has 2 rings (SSSR count). The van der Waals surface area contributed by atoms with E-state index in [1.807, 2.05) is 12.1 Å². The van der Waals surface area contributed by atoms with Crippen LogP contribution in [0.4, 0.5) is 0 Å². The normalized spacial score (nSPS) is 18.6. The van der Waals surface area contributed by atoms with E-state index in [1.165, 1.54) is 38.0 Å². The Morgan fingerprint density at radius 2 is 2.04 bits per heavy atom. The summed E-state index contributed by atoms with van der Waals surface area (Å²) in [6, 6.07) is 8.08. The molecule has 1 aliphatic heterocycles. The smallest absolute Gasteiger partial charge is 0.191 e. The van der Waals surface area contributed by atoms with Crippen LogP contribution in [-0.2, 0) is 6.54 Å². The van der Waals surface area contributed by atoms with Crippen LogP contribution in [0.25, 0.3) is 0 Å². The lowest BCUT2D eigenvalue weighted by Gasteiger charge is -2.17. The second kappa shape index (κ2) is 10.2. The minimum absolute atomic E-state index is 0.673. The van der Waals surface area contributed by atoms with Crippen molar-refractivity contribution >= 4 is 5.96 Å². The first-order valence-corrected chi connectivity index (χ1v) is 9.12. The summed E-state index contributed by atoms with van der Waals surface area (Å²) < 4.78 is 5.19. The van der Waals surface area contributed by atoms with Gasteiger partial charge in [-0.15, -0.1) is 0 Å². The molecule has 0 bridgehead atoms. The summed E-state index contributed by atoms with van der Waals surface area (Å²) in [4.78, 5) is 7.26. The maximum Gasteiger partial charge on any atom is 0.191 e. The monoisotopic (exact) mass is 332 g/mol. The summed E-state index contributed by atoms with van der Waals surface area (Å²) >= 11 is 0. The van der Waals surface area contributed by atoms with Crippen molar-refractivity contribution in [1.29, 1.82) is 0 Å². The summed E-state index contributed by atoms with van der Waals surface area (Å²) in [5, 5.41) is 6.84. The Hall–Kier alpha value is -1.75. The van der Waals surface area contributed by atoms with Crippen LogP contribution in [0.2, 0.25) is 0 Å². The van der Waals surface area contributed by atoms with Crippen LogP contribution in [0.3, 0.4) is 0 Å². The lowest BCUT2D eigenvalue weighted by atomic mass is 10.1. The van der Waals surface area contributed by atoms with Gasteiger partial charge in [0.25, 0.3) is 0 Å². The third kappa shape index (κ3) is 6.04. The number of nitrogens with zero attached hydrogens (tertiary/aromatic N) is 2. The van der Waals surface area contributed by atoms with E-state index in [2.05, 4.69) is 41.5 Å².